The summed E-state index contributed by atoms with van der Waals surface area (Å²) >= 11 is 0. The number of carboxylic acid groups (broad SMARTS) is 2. The van der Waals surface area contributed by atoms with Crippen molar-refractivity contribution in [1.82, 2.24) is 4.90 Å². The van der Waals surface area contributed by atoms with Crippen molar-refractivity contribution in [2.75, 3.05) is 26.7 Å². The van der Waals surface area contributed by atoms with Crippen molar-refractivity contribution in [3.05, 3.63) is 78.1 Å². The second-order valence-electron chi connectivity index (χ2n) is 7.23. The number of methoxy groups -OCH3 is 1. The van der Waals surface area contributed by atoms with Crippen LogP contribution in [0.2, 0.25) is 0 Å². The zero-order valence-corrected chi connectivity index (χ0v) is 18.4. The maximum Gasteiger partial charge on any atom is 0.328 e. The smallest absolute Gasteiger partial charge is 0.328 e. The van der Waals surface area contributed by atoms with E-state index in [0.717, 1.165) is 49.5 Å². The van der Waals surface area contributed by atoms with E-state index in [2.05, 4.69) is 11.0 Å². The summed E-state index contributed by atoms with van der Waals surface area (Å²) < 4.78 is 24.3. The molecule has 8 heteroatoms. The molecule has 0 aliphatic carbocycles. The van der Waals surface area contributed by atoms with Gasteiger partial charge in [0.15, 0.2) is 11.5 Å². The molecule has 7 nitrogen and oxygen atoms in total. The molecule has 2 N–H and O–H groups in total. The quantitative estimate of drug-likeness (QED) is 0.547. The van der Waals surface area contributed by atoms with E-state index >= 15 is 0 Å². The predicted molar refractivity (Wildman–Crippen MR) is 123 cm³/mol. The van der Waals surface area contributed by atoms with Gasteiger partial charge in [0.2, 0.25) is 0 Å². The van der Waals surface area contributed by atoms with E-state index in [1.54, 1.807) is 19.2 Å². The van der Waals surface area contributed by atoms with Crippen LogP contribution in [0.15, 0.2) is 66.8 Å². The molecule has 3 rings (SSSR count). The number of para-hydroxylation sites is 2. The normalized spacial score (nSPS) is 15.9. The van der Waals surface area contributed by atoms with Crippen LogP contribution < -0.4 is 9.47 Å². The number of benzene rings is 2. The highest BCUT2D eigenvalue weighted by Gasteiger charge is 2.24. The summed E-state index contributed by atoms with van der Waals surface area (Å²) in [6.07, 6.45) is 7.50. The Labute approximate surface area is 192 Å². The van der Waals surface area contributed by atoms with Gasteiger partial charge in [-0.05, 0) is 42.7 Å². The van der Waals surface area contributed by atoms with Crippen LogP contribution in [0.25, 0.3) is 6.08 Å². The van der Waals surface area contributed by atoms with Crippen LogP contribution in [0.1, 0.15) is 18.4 Å². The van der Waals surface area contributed by atoms with Gasteiger partial charge in [0.05, 0.1) is 7.11 Å². The Morgan fingerprint density at radius 2 is 1.70 bits per heavy atom. The van der Waals surface area contributed by atoms with Gasteiger partial charge in [-0.25, -0.2) is 14.0 Å². The fourth-order valence-corrected chi connectivity index (χ4v) is 3.19. The first-order valence-electron chi connectivity index (χ1n) is 10.5. The maximum absolute atomic E-state index is 12.9. The molecule has 0 aromatic heterocycles. The third-order valence-electron chi connectivity index (χ3n) is 4.75. The van der Waals surface area contributed by atoms with E-state index in [-0.39, 0.29) is 11.9 Å². The number of carboxylic acids is 2. The van der Waals surface area contributed by atoms with Crippen molar-refractivity contribution in [2.45, 2.75) is 18.9 Å². The van der Waals surface area contributed by atoms with Gasteiger partial charge in [0, 0.05) is 31.8 Å². The number of aliphatic carboxylic acids is 2. The Bertz CT molecular complexity index is 942. The largest absolute Gasteiger partial charge is 0.493 e. The Hall–Kier alpha value is -3.65. The zero-order valence-electron chi connectivity index (χ0n) is 18.4. The van der Waals surface area contributed by atoms with Gasteiger partial charge in [-0.2, -0.15) is 0 Å². The summed E-state index contributed by atoms with van der Waals surface area (Å²) in [5, 5.41) is 15.6. The van der Waals surface area contributed by atoms with Crippen molar-refractivity contribution in [3.63, 3.8) is 0 Å². The molecule has 0 spiro atoms. The van der Waals surface area contributed by atoms with Crippen LogP contribution in [0.5, 0.6) is 11.5 Å². The number of rotatable bonds is 9. The first-order chi connectivity index (χ1) is 15.9. The lowest BCUT2D eigenvalue weighted by molar-refractivity contribution is -0.134. The monoisotopic (exact) mass is 457 g/mol. The lowest BCUT2D eigenvalue weighted by Gasteiger charge is -2.17. The van der Waals surface area contributed by atoms with Gasteiger partial charge in [-0.3, -0.25) is 4.90 Å². The highest BCUT2D eigenvalue weighted by atomic mass is 19.1. The second-order valence-corrected chi connectivity index (χ2v) is 7.23. The van der Waals surface area contributed by atoms with Gasteiger partial charge >= 0.3 is 11.9 Å². The maximum atomic E-state index is 12.9. The van der Waals surface area contributed by atoms with Crippen molar-refractivity contribution in [1.29, 1.82) is 0 Å². The summed E-state index contributed by atoms with van der Waals surface area (Å²) in [6, 6.07) is 14.3. The second kappa shape index (κ2) is 13.7. The number of ether oxygens (including phenoxy) is 2. The molecule has 33 heavy (non-hydrogen) atoms. The van der Waals surface area contributed by atoms with Gasteiger partial charge in [-0.15, -0.1) is 0 Å². The highest BCUT2D eigenvalue weighted by Crippen LogP contribution is 2.28. The topological polar surface area (TPSA) is 96.3 Å². The molecule has 1 unspecified atom stereocenters. The minimum Gasteiger partial charge on any atom is -0.493 e. The minimum absolute atomic E-state index is 0.199. The van der Waals surface area contributed by atoms with Crippen LogP contribution in [0.4, 0.5) is 4.39 Å². The van der Waals surface area contributed by atoms with Gasteiger partial charge in [0.25, 0.3) is 0 Å². The molecule has 0 radical (unpaired) electrons. The Morgan fingerprint density at radius 1 is 1.06 bits per heavy atom. The molecule has 1 heterocycles. The molecular weight excluding hydrogens is 429 g/mol. The van der Waals surface area contributed by atoms with Crippen LogP contribution in [-0.2, 0) is 9.59 Å². The van der Waals surface area contributed by atoms with Crippen molar-refractivity contribution in [3.8, 4) is 11.5 Å². The molecule has 0 saturated carbocycles. The summed E-state index contributed by atoms with van der Waals surface area (Å²) in [5.41, 5.74) is 1.03. The summed E-state index contributed by atoms with van der Waals surface area (Å²) in [4.78, 5) is 21.5. The van der Waals surface area contributed by atoms with Crippen LogP contribution in [0.3, 0.4) is 0 Å². The molecule has 1 fully saturated rings. The molecule has 1 atom stereocenters. The number of halogens is 1. The first kappa shape index (κ1) is 25.6. The van der Waals surface area contributed by atoms with Crippen molar-refractivity contribution in [2.24, 2.45) is 0 Å². The molecule has 2 aromatic carbocycles. The Balaban J connectivity index is 0.000000414. The summed E-state index contributed by atoms with van der Waals surface area (Å²) in [7, 11) is 1.66. The standard InChI is InChI=1S/C21H24FNO2.C4H4O4/c1-24-20-7-2-3-8-21(20)25-19-13-15-23(16-19)14-5-4-6-17-9-11-18(22)12-10-17;5-3(6)1-2-4(7)8/h2-4,6-12,19H,5,13-16H2,1H3;1-2H,(H,5,6)(H,7,8)/b6-4+;2-1-. The fourth-order valence-electron chi connectivity index (χ4n) is 3.19. The minimum atomic E-state index is -1.26. The van der Waals surface area contributed by atoms with Gasteiger partial charge < -0.3 is 19.7 Å². The molecule has 1 aliphatic heterocycles. The highest BCUT2D eigenvalue weighted by molar-refractivity contribution is 5.89. The molecule has 0 bridgehead atoms. The third kappa shape index (κ3) is 10.0. The molecule has 0 amide bonds. The number of carbonyl (C=O) groups is 2. The Kier molecular flexibility index (Phi) is 10.6. The zero-order chi connectivity index (χ0) is 24.1. The first-order valence-corrected chi connectivity index (χ1v) is 10.5. The molecule has 176 valence electrons. The van der Waals surface area contributed by atoms with E-state index < -0.39 is 11.9 Å². The Morgan fingerprint density at radius 3 is 2.30 bits per heavy atom. The van der Waals surface area contributed by atoms with Crippen LogP contribution >= 0.6 is 0 Å². The molecule has 1 aliphatic rings. The van der Waals surface area contributed by atoms with Crippen LogP contribution in [-0.4, -0.2) is 59.9 Å². The van der Waals surface area contributed by atoms with Crippen molar-refractivity contribution < 1.29 is 33.7 Å². The SMILES string of the molecule is COc1ccccc1OC1CCN(CC/C=C/c2ccc(F)cc2)C1.O=C(O)/C=C\C(=O)O. The average molecular weight is 457 g/mol. The van der Waals surface area contributed by atoms with Crippen molar-refractivity contribution >= 4 is 18.0 Å². The van der Waals surface area contributed by atoms with E-state index in [0.29, 0.717) is 12.2 Å². The fraction of sp³-hybridized carbons (Fsp3) is 0.280. The van der Waals surface area contributed by atoms with E-state index in [1.165, 1.54) is 12.1 Å². The van der Waals surface area contributed by atoms with Gasteiger partial charge in [0.1, 0.15) is 11.9 Å². The lowest BCUT2D eigenvalue weighted by Crippen LogP contribution is -2.25. The average Bonchev–Trinajstić information content (AvgIpc) is 3.24. The lowest BCUT2D eigenvalue weighted by atomic mass is 10.2. The summed E-state index contributed by atoms with van der Waals surface area (Å²) in [5.74, 6) is -1.12. The number of hydrogen-bond acceptors (Lipinski definition) is 5. The number of likely N-dealkylation sites (tertiary alicyclic amines) is 1. The third-order valence-corrected chi connectivity index (χ3v) is 4.75. The molecular formula is C25H28FNO6. The van der Waals surface area contributed by atoms with E-state index in [4.69, 9.17) is 19.7 Å². The molecule has 1 saturated heterocycles. The van der Waals surface area contributed by atoms with E-state index in [9.17, 15) is 14.0 Å². The molecule has 2 aromatic rings. The van der Waals surface area contributed by atoms with Gasteiger partial charge in [-0.1, -0.05) is 36.4 Å². The number of hydrogen-bond donors (Lipinski definition) is 2. The van der Waals surface area contributed by atoms with E-state index in [1.807, 2.05) is 30.3 Å². The predicted octanol–water partition coefficient (Wildman–Crippen LogP) is 4.10. The summed E-state index contributed by atoms with van der Waals surface area (Å²) in [6.45, 7) is 2.98. The number of nitrogens with zero attached hydrogens (tertiary/aromatic N) is 1. The van der Waals surface area contributed by atoms with Crippen LogP contribution in [0, 0.1) is 5.82 Å².